The minimum atomic E-state index is -0.330. The molecule has 0 saturated carbocycles. The minimum Gasteiger partial charge on any atom is -0.393 e. The molecule has 2 unspecified atom stereocenters. The summed E-state index contributed by atoms with van der Waals surface area (Å²) in [4.78, 5) is 14.3. The highest BCUT2D eigenvalue weighted by molar-refractivity contribution is 5.76. The number of carbonyl (C=O) groups excluding carboxylic acids is 1. The third-order valence-corrected chi connectivity index (χ3v) is 4.74. The number of hydrogen-bond acceptors (Lipinski definition) is 3. The van der Waals surface area contributed by atoms with Crippen molar-refractivity contribution >= 4 is 5.91 Å². The fraction of sp³-hybridized carbons (Fsp3) is 0.750. The van der Waals surface area contributed by atoms with E-state index in [0.29, 0.717) is 13.0 Å². The monoisotopic (exact) mass is 293 g/mol. The molecule has 1 saturated heterocycles. The van der Waals surface area contributed by atoms with E-state index in [1.165, 1.54) is 5.56 Å². The van der Waals surface area contributed by atoms with Crippen LogP contribution in [-0.4, -0.2) is 44.9 Å². The molecule has 118 valence electrons. The predicted molar refractivity (Wildman–Crippen MR) is 82.0 cm³/mol. The van der Waals surface area contributed by atoms with Crippen molar-refractivity contribution in [3.05, 3.63) is 17.0 Å². The van der Waals surface area contributed by atoms with Crippen LogP contribution in [0.4, 0.5) is 0 Å². The summed E-state index contributed by atoms with van der Waals surface area (Å²) in [6.45, 7) is 7.39. The number of amides is 1. The quantitative estimate of drug-likeness (QED) is 0.917. The number of aliphatic hydroxyl groups excluding tert-OH is 1. The van der Waals surface area contributed by atoms with Crippen LogP contribution in [-0.2, 0) is 18.3 Å². The van der Waals surface area contributed by atoms with Crippen LogP contribution in [0.2, 0.25) is 0 Å². The molecule has 2 rings (SSSR count). The van der Waals surface area contributed by atoms with E-state index in [2.05, 4.69) is 5.10 Å². The third-order valence-electron chi connectivity index (χ3n) is 4.74. The Hall–Kier alpha value is -1.36. The number of hydrogen-bond donors (Lipinski definition) is 1. The number of piperidine rings is 1. The lowest BCUT2D eigenvalue weighted by molar-refractivity contribution is -0.133. The Kier molecular flexibility index (Phi) is 5.04. The fourth-order valence-corrected chi connectivity index (χ4v) is 3.20. The number of aliphatic hydroxyl groups is 1. The van der Waals surface area contributed by atoms with Gasteiger partial charge in [0.2, 0.25) is 5.91 Å². The Balaban J connectivity index is 1.92. The zero-order valence-corrected chi connectivity index (χ0v) is 13.6. The van der Waals surface area contributed by atoms with Crippen molar-refractivity contribution < 1.29 is 9.90 Å². The number of likely N-dealkylation sites (tertiary alicyclic amines) is 1. The summed E-state index contributed by atoms with van der Waals surface area (Å²) in [5, 5.41) is 14.1. The third kappa shape index (κ3) is 3.64. The maximum atomic E-state index is 12.4. The molecule has 1 fully saturated rings. The SMILES string of the molecule is Cc1nn(C)c(C)c1CCC(=O)N1CCCC(C(C)O)C1. The van der Waals surface area contributed by atoms with Crippen LogP contribution in [0.1, 0.15) is 43.1 Å². The zero-order valence-electron chi connectivity index (χ0n) is 13.6. The van der Waals surface area contributed by atoms with Crippen molar-refractivity contribution in [1.82, 2.24) is 14.7 Å². The number of rotatable bonds is 4. The molecule has 21 heavy (non-hydrogen) atoms. The van der Waals surface area contributed by atoms with E-state index in [4.69, 9.17) is 0 Å². The molecule has 0 spiro atoms. The second kappa shape index (κ2) is 6.60. The summed E-state index contributed by atoms with van der Waals surface area (Å²) in [5.41, 5.74) is 3.35. The van der Waals surface area contributed by atoms with Gasteiger partial charge in [0.1, 0.15) is 0 Å². The summed E-state index contributed by atoms with van der Waals surface area (Å²) in [6.07, 6.45) is 2.96. The van der Waals surface area contributed by atoms with Gasteiger partial charge in [0.15, 0.2) is 0 Å². The van der Waals surface area contributed by atoms with Crippen LogP contribution >= 0.6 is 0 Å². The molecule has 0 bridgehead atoms. The summed E-state index contributed by atoms with van der Waals surface area (Å²) in [6, 6.07) is 0. The van der Waals surface area contributed by atoms with Gasteiger partial charge in [-0.05, 0) is 45.6 Å². The van der Waals surface area contributed by atoms with Crippen LogP contribution < -0.4 is 0 Å². The number of carbonyl (C=O) groups is 1. The molecule has 1 aliphatic rings. The second-order valence-electron chi connectivity index (χ2n) is 6.26. The first-order chi connectivity index (χ1) is 9.90. The standard InChI is InChI=1S/C16H27N3O2/c1-11-15(12(2)18(4)17-11)7-8-16(21)19-9-5-6-14(10-19)13(3)20/h13-14,20H,5-10H2,1-4H3. The largest absolute Gasteiger partial charge is 0.393 e. The Morgan fingerprint density at radius 1 is 1.48 bits per heavy atom. The Morgan fingerprint density at radius 2 is 2.19 bits per heavy atom. The van der Waals surface area contributed by atoms with E-state index < -0.39 is 0 Å². The minimum absolute atomic E-state index is 0.197. The van der Waals surface area contributed by atoms with Gasteiger partial charge < -0.3 is 10.0 Å². The first-order valence-electron chi connectivity index (χ1n) is 7.85. The molecule has 1 amide bonds. The summed E-state index contributed by atoms with van der Waals surface area (Å²) in [5.74, 6) is 0.424. The van der Waals surface area contributed by atoms with Crippen LogP contribution in [0.3, 0.4) is 0 Å². The van der Waals surface area contributed by atoms with Gasteiger partial charge in [0.25, 0.3) is 0 Å². The first-order valence-corrected chi connectivity index (χ1v) is 7.85. The van der Waals surface area contributed by atoms with E-state index in [0.717, 1.165) is 37.2 Å². The Morgan fingerprint density at radius 3 is 2.76 bits per heavy atom. The van der Waals surface area contributed by atoms with Gasteiger partial charge in [-0.2, -0.15) is 5.10 Å². The van der Waals surface area contributed by atoms with Gasteiger partial charge in [0.05, 0.1) is 11.8 Å². The summed E-state index contributed by atoms with van der Waals surface area (Å²) < 4.78 is 1.87. The van der Waals surface area contributed by atoms with Crippen molar-refractivity contribution in [2.75, 3.05) is 13.1 Å². The second-order valence-corrected chi connectivity index (χ2v) is 6.26. The van der Waals surface area contributed by atoms with Gasteiger partial charge in [-0.3, -0.25) is 9.48 Å². The fourth-order valence-electron chi connectivity index (χ4n) is 3.20. The molecule has 5 nitrogen and oxygen atoms in total. The molecule has 5 heteroatoms. The van der Waals surface area contributed by atoms with E-state index in [9.17, 15) is 9.90 Å². The topological polar surface area (TPSA) is 58.4 Å². The van der Waals surface area contributed by atoms with E-state index in [-0.39, 0.29) is 17.9 Å². The Labute approximate surface area is 126 Å². The molecule has 1 aromatic rings. The highest BCUT2D eigenvalue weighted by Crippen LogP contribution is 2.21. The highest BCUT2D eigenvalue weighted by Gasteiger charge is 2.26. The van der Waals surface area contributed by atoms with Crippen molar-refractivity contribution in [3.63, 3.8) is 0 Å². The smallest absolute Gasteiger partial charge is 0.222 e. The molecular formula is C16H27N3O2. The zero-order chi connectivity index (χ0) is 15.6. The summed E-state index contributed by atoms with van der Waals surface area (Å²) in [7, 11) is 1.94. The van der Waals surface area contributed by atoms with Gasteiger partial charge in [0, 0.05) is 38.2 Å². The predicted octanol–water partition coefficient (Wildman–Crippen LogP) is 1.59. The molecule has 1 aromatic heterocycles. The molecule has 1 aliphatic heterocycles. The number of nitrogens with zero attached hydrogens (tertiary/aromatic N) is 3. The lowest BCUT2D eigenvalue weighted by Gasteiger charge is -2.34. The highest BCUT2D eigenvalue weighted by atomic mass is 16.3. The molecule has 0 aliphatic carbocycles. The maximum absolute atomic E-state index is 12.4. The van der Waals surface area contributed by atoms with E-state index in [1.54, 1.807) is 0 Å². The van der Waals surface area contributed by atoms with Gasteiger partial charge in [-0.15, -0.1) is 0 Å². The van der Waals surface area contributed by atoms with Crippen LogP contribution in [0.25, 0.3) is 0 Å². The molecule has 1 N–H and O–H groups in total. The van der Waals surface area contributed by atoms with Crippen LogP contribution in [0.15, 0.2) is 0 Å². The molecule has 0 radical (unpaired) electrons. The van der Waals surface area contributed by atoms with Gasteiger partial charge in [-0.1, -0.05) is 0 Å². The normalized spacial score (nSPS) is 20.6. The maximum Gasteiger partial charge on any atom is 0.222 e. The number of aromatic nitrogens is 2. The van der Waals surface area contributed by atoms with Crippen molar-refractivity contribution in [3.8, 4) is 0 Å². The van der Waals surface area contributed by atoms with Gasteiger partial charge >= 0.3 is 0 Å². The molecular weight excluding hydrogens is 266 g/mol. The molecule has 2 heterocycles. The van der Waals surface area contributed by atoms with Gasteiger partial charge in [-0.25, -0.2) is 0 Å². The average Bonchev–Trinajstić information content (AvgIpc) is 2.70. The lowest BCUT2D eigenvalue weighted by atomic mass is 9.93. The molecule has 0 aromatic carbocycles. The van der Waals surface area contributed by atoms with Crippen molar-refractivity contribution in [1.29, 1.82) is 0 Å². The molecule has 2 atom stereocenters. The average molecular weight is 293 g/mol. The lowest BCUT2D eigenvalue weighted by Crippen LogP contribution is -2.43. The van der Waals surface area contributed by atoms with Crippen LogP contribution in [0.5, 0.6) is 0 Å². The Bertz CT molecular complexity index is 508. The number of aryl methyl sites for hydroxylation is 2. The van der Waals surface area contributed by atoms with Crippen molar-refractivity contribution in [2.45, 2.75) is 52.6 Å². The van der Waals surface area contributed by atoms with E-state index in [1.807, 2.05) is 37.4 Å². The van der Waals surface area contributed by atoms with Crippen LogP contribution in [0, 0.1) is 19.8 Å². The first kappa shape index (κ1) is 16.0. The van der Waals surface area contributed by atoms with Crippen molar-refractivity contribution in [2.24, 2.45) is 13.0 Å². The summed E-state index contributed by atoms with van der Waals surface area (Å²) >= 11 is 0. The van der Waals surface area contributed by atoms with E-state index >= 15 is 0 Å².